The number of halogens is 1. The summed E-state index contributed by atoms with van der Waals surface area (Å²) in [5, 5.41) is 1.19. The second-order valence-electron chi connectivity index (χ2n) is 3.36. The molecule has 2 rings (SSSR count). The van der Waals surface area contributed by atoms with Crippen LogP contribution in [0.15, 0.2) is 34.8 Å². The summed E-state index contributed by atoms with van der Waals surface area (Å²) in [7, 11) is 0. The van der Waals surface area contributed by atoms with Gasteiger partial charge in [-0.1, -0.05) is 59.2 Å². The van der Waals surface area contributed by atoms with E-state index in [0.29, 0.717) is 0 Å². The number of nitrogens with zero attached hydrogens (tertiary/aromatic N) is 1. The third-order valence-corrected chi connectivity index (χ3v) is 2.87. The van der Waals surface area contributed by atoms with E-state index in [1.807, 2.05) is 39.8 Å². The van der Waals surface area contributed by atoms with Crippen molar-refractivity contribution in [2.24, 2.45) is 0 Å². The highest BCUT2D eigenvalue weighted by Gasteiger charge is 2.00. The lowest BCUT2D eigenvalue weighted by Crippen LogP contribution is -1.89. The smallest absolute Gasteiger partial charge is 0.0847 e. The van der Waals surface area contributed by atoms with Gasteiger partial charge in [-0.2, -0.15) is 0 Å². The zero-order valence-corrected chi connectivity index (χ0v) is 13.7. The van der Waals surface area contributed by atoms with E-state index in [1.165, 1.54) is 11.1 Å². The van der Waals surface area contributed by atoms with Gasteiger partial charge in [-0.05, 0) is 34.5 Å². The second kappa shape index (κ2) is 10.1. The number of para-hydroxylation sites is 1. The van der Waals surface area contributed by atoms with E-state index in [1.54, 1.807) is 0 Å². The molecule has 100 valence electrons. The standard InChI is InChI=1S/C12H12BrN.2C2H6/c1-2-4-10-8-7-9-5-3-6-11(13)12(9)14-10;2*1-2/h3,5-8H,2,4H2,1H3;2*1-2H3. The van der Waals surface area contributed by atoms with Gasteiger partial charge in [0.25, 0.3) is 0 Å². The number of pyridine rings is 1. The molecule has 0 N–H and O–H groups in total. The molecule has 0 saturated carbocycles. The molecule has 0 fully saturated rings. The van der Waals surface area contributed by atoms with Crippen molar-refractivity contribution >= 4 is 26.8 Å². The number of aromatic nitrogens is 1. The normalized spacial score (nSPS) is 9.00. The molecule has 0 atom stereocenters. The Morgan fingerprint density at radius 1 is 1.00 bits per heavy atom. The maximum absolute atomic E-state index is 4.62. The molecular weight excluding hydrogens is 286 g/mol. The van der Waals surface area contributed by atoms with Crippen LogP contribution in [0.2, 0.25) is 0 Å². The van der Waals surface area contributed by atoms with Gasteiger partial charge in [0.2, 0.25) is 0 Å². The van der Waals surface area contributed by atoms with Crippen LogP contribution in [0.25, 0.3) is 10.9 Å². The fraction of sp³-hybridized carbons (Fsp3) is 0.438. The van der Waals surface area contributed by atoms with Crippen LogP contribution < -0.4 is 0 Å². The lowest BCUT2D eigenvalue weighted by molar-refractivity contribution is 0.889. The Bertz CT molecular complexity index is 452. The van der Waals surface area contributed by atoms with Gasteiger partial charge < -0.3 is 0 Å². The third-order valence-electron chi connectivity index (χ3n) is 2.23. The van der Waals surface area contributed by atoms with Crippen LogP contribution >= 0.6 is 15.9 Å². The molecule has 18 heavy (non-hydrogen) atoms. The Kier molecular flexibility index (Phi) is 9.57. The van der Waals surface area contributed by atoms with Gasteiger partial charge in [0, 0.05) is 15.6 Å². The first-order valence-electron chi connectivity index (χ1n) is 6.85. The number of benzene rings is 1. The summed E-state index contributed by atoms with van der Waals surface area (Å²) in [5.41, 5.74) is 2.24. The Balaban J connectivity index is 0.000000659. The van der Waals surface area contributed by atoms with E-state index >= 15 is 0 Å². The molecule has 1 aromatic carbocycles. The van der Waals surface area contributed by atoms with Crippen molar-refractivity contribution in [2.45, 2.75) is 47.5 Å². The van der Waals surface area contributed by atoms with Gasteiger partial charge in [0.05, 0.1) is 5.52 Å². The molecule has 1 heterocycles. The summed E-state index contributed by atoms with van der Waals surface area (Å²) < 4.78 is 1.08. The average Bonchev–Trinajstić information content (AvgIpc) is 2.45. The molecule has 0 aliphatic rings. The number of aryl methyl sites for hydroxylation is 1. The van der Waals surface area contributed by atoms with Crippen molar-refractivity contribution < 1.29 is 0 Å². The van der Waals surface area contributed by atoms with Crippen LogP contribution in [-0.2, 0) is 6.42 Å². The van der Waals surface area contributed by atoms with Gasteiger partial charge in [-0.25, -0.2) is 0 Å². The van der Waals surface area contributed by atoms with Crippen LogP contribution in [0.1, 0.15) is 46.7 Å². The first-order valence-corrected chi connectivity index (χ1v) is 7.64. The first kappa shape index (κ1) is 17.1. The Morgan fingerprint density at radius 3 is 2.28 bits per heavy atom. The lowest BCUT2D eigenvalue weighted by Gasteiger charge is -2.02. The Hall–Kier alpha value is -0.890. The van der Waals surface area contributed by atoms with Gasteiger partial charge in [0.1, 0.15) is 0 Å². The fourth-order valence-electron chi connectivity index (χ4n) is 1.55. The molecule has 0 saturated heterocycles. The first-order chi connectivity index (χ1) is 8.81. The van der Waals surface area contributed by atoms with Crippen molar-refractivity contribution in [3.63, 3.8) is 0 Å². The fourth-order valence-corrected chi connectivity index (χ4v) is 2.02. The minimum atomic E-state index is 1.05. The third kappa shape index (κ3) is 4.77. The summed E-state index contributed by atoms with van der Waals surface area (Å²) in [6.07, 6.45) is 2.19. The van der Waals surface area contributed by atoms with Crippen molar-refractivity contribution in [1.29, 1.82) is 0 Å². The lowest BCUT2D eigenvalue weighted by atomic mass is 10.1. The summed E-state index contributed by atoms with van der Waals surface area (Å²) >= 11 is 3.52. The highest BCUT2D eigenvalue weighted by molar-refractivity contribution is 9.10. The quantitative estimate of drug-likeness (QED) is 0.662. The predicted molar refractivity (Wildman–Crippen MR) is 86.1 cm³/mol. The molecule has 0 amide bonds. The zero-order valence-electron chi connectivity index (χ0n) is 12.1. The van der Waals surface area contributed by atoms with E-state index in [-0.39, 0.29) is 0 Å². The molecule has 0 aliphatic heterocycles. The van der Waals surface area contributed by atoms with E-state index in [0.717, 1.165) is 22.8 Å². The maximum Gasteiger partial charge on any atom is 0.0847 e. The van der Waals surface area contributed by atoms with E-state index in [4.69, 9.17) is 0 Å². The Labute approximate surface area is 120 Å². The minimum absolute atomic E-state index is 1.05. The SMILES string of the molecule is CC.CC.CCCc1ccc2cccc(Br)c2n1. The molecule has 2 heteroatoms. The van der Waals surface area contributed by atoms with Crippen LogP contribution in [0.4, 0.5) is 0 Å². The molecule has 0 spiro atoms. The maximum atomic E-state index is 4.62. The van der Waals surface area contributed by atoms with Crippen molar-refractivity contribution in [2.75, 3.05) is 0 Å². The second-order valence-corrected chi connectivity index (χ2v) is 4.22. The molecule has 1 nitrogen and oxygen atoms in total. The summed E-state index contributed by atoms with van der Waals surface area (Å²) in [6, 6.07) is 10.4. The van der Waals surface area contributed by atoms with E-state index in [9.17, 15) is 0 Å². The van der Waals surface area contributed by atoms with Crippen molar-refractivity contribution in [3.8, 4) is 0 Å². The molecule has 0 radical (unpaired) electrons. The van der Waals surface area contributed by atoms with Crippen LogP contribution in [0.5, 0.6) is 0 Å². The number of hydrogen-bond donors (Lipinski definition) is 0. The van der Waals surface area contributed by atoms with Crippen molar-refractivity contribution in [3.05, 3.63) is 40.5 Å². The molecule has 0 unspecified atom stereocenters. The van der Waals surface area contributed by atoms with Gasteiger partial charge in [-0.3, -0.25) is 4.98 Å². The van der Waals surface area contributed by atoms with Crippen molar-refractivity contribution in [1.82, 2.24) is 4.98 Å². The molecule has 2 aromatic rings. The zero-order chi connectivity index (χ0) is 14.0. The largest absolute Gasteiger partial charge is 0.252 e. The van der Waals surface area contributed by atoms with E-state index in [2.05, 4.69) is 46.0 Å². The summed E-state index contributed by atoms with van der Waals surface area (Å²) in [6.45, 7) is 10.2. The van der Waals surface area contributed by atoms with Crippen LogP contribution in [-0.4, -0.2) is 4.98 Å². The number of fused-ring (bicyclic) bond motifs is 1. The molecule has 0 bridgehead atoms. The van der Waals surface area contributed by atoms with Gasteiger partial charge >= 0.3 is 0 Å². The minimum Gasteiger partial charge on any atom is -0.252 e. The molecule has 0 aliphatic carbocycles. The molecular formula is C16H24BrN. The number of hydrogen-bond acceptors (Lipinski definition) is 1. The predicted octanol–water partition coefficient (Wildman–Crippen LogP) is 6.00. The Morgan fingerprint density at radius 2 is 1.67 bits per heavy atom. The number of rotatable bonds is 2. The highest BCUT2D eigenvalue weighted by atomic mass is 79.9. The average molecular weight is 310 g/mol. The van der Waals surface area contributed by atoms with Crippen LogP contribution in [0.3, 0.4) is 0 Å². The van der Waals surface area contributed by atoms with Crippen LogP contribution in [0, 0.1) is 0 Å². The highest BCUT2D eigenvalue weighted by Crippen LogP contribution is 2.22. The topological polar surface area (TPSA) is 12.9 Å². The van der Waals surface area contributed by atoms with E-state index < -0.39 is 0 Å². The summed E-state index contributed by atoms with van der Waals surface area (Å²) in [5.74, 6) is 0. The monoisotopic (exact) mass is 309 g/mol. The van der Waals surface area contributed by atoms with Gasteiger partial charge in [0.15, 0.2) is 0 Å². The molecule has 1 aromatic heterocycles. The summed E-state index contributed by atoms with van der Waals surface area (Å²) in [4.78, 5) is 4.62. The van der Waals surface area contributed by atoms with Gasteiger partial charge in [-0.15, -0.1) is 0 Å².